The fourth-order valence-electron chi connectivity index (χ4n) is 1.81. The molecular formula is C12H17N3O3. The summed E-state index contributed by atoms with van der Waals surface area (Å²) in [5, 5.41) is 3.14. The van der Waals surface area contributed by atoms with E-state index in [1.54, 1.807) is 18.2 Å². The van der Waals surface area contributed by atoms with Crippen LogP contribution in [-0.2, 0) is 9.47 Å². The third kappa shape index (κ3) is 2.91. The van der Waals surface area contributed by atoms with Crippen molar-refractivity contribution in [1.82, 2.24) is 0 Å². The number of primary amides is 1. The molecule has 1 aromatic carbocycles. The number of carbonyl (C=O) groups excluding carboxylic acids is 1. The molecule has 1 fully saturated rings. The maximum Gasteiger partial charge on any atom is 0.250 e. The van der Waals surface area contributed by atoms with Gasteiger partial charge in [-0.25, -0.2) is 0 Å². The molecule has 1 aromatic rings. The van der Waals surface area contributed by atoms with E-state index in [1.165, 1.54) is 0 Å². The number of carbonyl (C=O) groups is 1. The van der Waals surface area contributed by atoms with E-state index in [0.717, 1.165) is 0 Å². The first-order valence-corrected chi connectivity index (χ1v) is 5.80. The van der Waals surface area contributed by atoms with Crippen molar-refractivity contribution in [2.24, 2.45) is 5.73 Å². The molecule has 5 N–H and O–H groups in total. The number of benzene rings is 1. The molecule has 0 spiro atoms. The normalized spacial score (nSPS) is 19.4. The van der Waals surface area contributed by atoms with E-state index in [9.17, 15) is 4.79 Å². The summed E-state index contributed by atoms with van der Waals surface area (Å²) in [6.07, 6.45) is -0.00427. The molecule has 1 amide bonds. The van der Waals surface area contributed by atoms with Crippen LogP contribution in [0.1, 0.15) is 10.4 Å². The molecule has 6 heteroatoms. The Hall–Kier alpha value is -1.79. The fourth-order valence-corrected chi connectivity index (χ4v) is 1.81. The number of amides is 1. The molecule has 1 heterocycles. The Morgan fingerprint density at radius 1 is 1.44 bits per heavy atom. The lowest BCUT2D eigenvalue weighted by Gasteiger charge is -2.24. The van der Waals surface area contributed by atoms with Crippen LogP contribution in [-0.4, -0.2) is 38.4 Å². The van der Waals surface area contributed by atoms with Gasteiger partial charge < -0.3 is 26.3 Å². The second kappa shape index (κ2) is 5.70. The van der Waals surface area contributed by atoms with Gasteiger partial charge in [0.1, 0.15) is 0 Å². The van der Waals surface area contributed by atoms with E-state index >= 15 is 0 Å². The molecular weight excluding hydrogens is 234 g/mol. The number of nitrogens with one attached hydrogen (secondary N) is 1. The Morgan fingerprint density at radius 3 is 2.94 bits per heavy atom. The lowest BCUT2D eigenvalue weighted by atomic mass is 10.1. The Labute approximate surface area is 105 Å². The van der Waals surface area contributed by atoms with Gasteiger partial charge in [-0.3, -0.25) is 4.79 Å². The second-order valence-electron chi connectivity index (χ2n) is 4.08. The zero-order chi connectivity index (χ0) is 13.0. The van der Waals surface area contributed by atoms with Crippen LogP contribution in [0.2, 0.25) is 0 Å². The smallest absolute Gasteiger partial charge is 0.250 e. The van der Waals surface area contributed by atoms with Gasteiger partial charge in [0.2, 0.25) is 0 Å². The summed E-state index contributed by atoms with van der Waals surface area (Å²) < 4.78 is 10.8. The molecule has 0 radical (unpaired) electrons. The molecule has 0 bridgehead atoms. The highest BCUT2D eigenvalue weighted by Gasteiger charge is 2.15. The first-order chi connectivity index (χ1) is 8.68. The van der Waals surface area contributed by atoms with Crippen molar-refractivity contribution >= 4 is 17.3 Å². The highest BCUT2D eigenvalue weighted by atomic mass is 16.6. The van der Waals surface area contributed by atoms with Crippen LogP contribution in [0.15, 0.2) is 18.2 Å². The molecule has 6 nitrogen and oxygen atoms in total. The molecule has 0 aromatic heterocycles. The number of nitrogen functional groups attached to an aromatic ring is 1. The van der Waals surface area contributed by atoms with E-state index in [1.807, 2.05) is 0 Å². The highest BCUT2D eigenvalue weighted by molar-refractivity contribution is 6.00. The minimum Gasteiger partial charge on any atom is -0.396 e. The van der Waals surface area contributed by atoms with Crippen LogP contribution in [0.5, 0.6) is 0 Å². The van der Waals surface area contributed by atoms with Crippen molar-refractivity contribution in [1.29, 1.82) is 0 Å². The Bertz CT molecular complexity index is 431. The third-order valence-electron chi connectivity index (χ3n) is 2.78. The highest BCUT2D eigenvalue weighted by Crippen LogP contribution is 2.22. The van der Waals surface area contributed by atoms with Crippen molar-refractivity contribution in [3.05, 3.63) is 23.8 Å². The minimum absolute atomic E-state index is 0.00427. The quantitative estimate of drug-likeness (QED) is 0.664. The Morgan fingerprint density at radius 2 is 2.28 bits per heavy atom. The number of hydrogen-bond acceptors (Lipinski definition) is 5. The number of hydrogen-bond donors (Lipinski definition) is 3. The molecule has 1 aliphatic heterocycles. The van der Waals surface area contributed by atoms with Crippen LogP contribution in [0.4, 0.5) is 11.4 Å². The Kier molecular flexibility index (Phi) is 4.01. The SMILES string of the molecule is NC(=O)c1cccc(NCC2COCCO2)c1N. The predicted octanol–water partition coefficient (Wildman–Crippen LogP) is 0.195. The van der Waals surface area contributed by atoms with Crippen LogP contribution in [0.3, 0.4) is 0 Å². The first kappa shape index (κ1) is 12.7. The van der Waals surface area contributed by atoms with Crippen molar-refractivity contribution in [2.75, 3.05) is 37.4 Å². The molecule has 2 rings (SSSR count). The predicted molar refractivity (Wildman–Crippen MR) is 68.4 cm³/mol. The first-order valence-electron chi connectivity index (χ1n) is 5.80. The van der Waals surface area contributed by atoms with Gasteiger partial charge in [-0.1, -0.05) is 6.07 Å². The summed E-state index contributed by atoms with van der Waals surface area (Å²) in [5.41, 5.74) is 12.5. The summed E-state index contributed by atoms with van der Waals surface area (Å²) in [4.78, 5) is 11.1. The van der Waals surface area contributed by atoms with Gasteiger partial charge in [0.25, 0.3) is 5.91 Å². The lowest BCUT2D eigenvalue weighted by Crippen LogP contribution is -2.34. The topological polar surface area (TPSA) is 99.6 Å². The molecule has 0 saturated carbocycles. The zero-order valence-electron chi connectivity index (χ0n) is 10.0. The summed E-state index contributed by atoms with van der Waals surface area (Å²) in [6.45, 7) is 2.37. The second-order valence-corrected chi connectivity index (χ2v) is 4.08. The van der Waals surface area contributed by atoms with E-state index in [2.05, 4.69) is 5.32 Å². The van der Waals surface area contributed by atoms with Crippen LogP contribution in [0, 0.1) is 0 Å². The molecule has 1 unspecified atom stereocenters. The summed E-state index contributed by atoms with van der Waals surface area (Å²) in [5.74, 6) is -0.534. The van der Waals surface area contributed by atoms with Crippen molar-refractivity contribution in [3.8, 4) is 0 Å². The number of ether oxygens (including phenoxy) is 2. The maximum absolute atomic E-state index is 11.1. The number of para-hydroxylation sites is 1. The van der Waals surface area contributed by atoms with Gasteiger partial charge in [0.05, 0.1) is 42.9 Å². The standard InChI is InChI=1S/C12H17N3O3/c13-11-9(12(14)16)2-1-3-10(11)15-6-8-7-17-4-5-18-8/h1-3,8,15H,4-7,13H2,(H2,14,16). The fraction of sp³-hybridized carbons (Fsp3) is 0.417. The molecule has 18 heavy (non-hydrogen) atoms. The van der Waals surface area contributed by atoms with E-state index in [-0.39, 0.29) is 6.10 Å². The van der Waals surface area contributed by atoms with E-state index < -0.39 is 5.91 Å². The third-order valence-corrected chi connectivity index (χ3v) is 2.78. The zero-order valence-corrected chi connectivity index (χ0v) is 10.0. The summed E-state index contributed by atoms with van der Waals surface area (Å²) in [6, 6.07) is 5.13. The van der Waals surface area contributed by atoms with Crippen LogP contribution in [0.25, 0.3) is 0 Å². The van der Waals surface area contributed by atoms with Crippen molar-refractivity contribution < 1.29 is 14.3 Å². The van der Waals surface area contributed by atoms with Gasteiger partial charge in [0, 0.05) is 6.54 Å². The molecule has 1 atom stereocenters. The summed E-state index contributed by atoms with van der Waals surface area (Å²) >= 11 is 0. The van der Waals surface area contributed by atoms with Crippen molar-refractivity contribution in [3.63, 3.8) is 0 Å². The van der Waals surface area contributed by atoms with E-state index in [0.29, 0.717) is 43.3 Å². The molecule has 98 valence electrons. The number of nitrogens with two attached hydrogens (primary N) is 2. The average Bonchev–Trinajstić information content (AvgIpc) is 2.38. The largest absolute Gasteiger partial charge is 0.396 e. The van der Waals surface area contributed by atoms with E-state index in [4.69, 9.17) is 20.9 Å². The number of anilines is 2. The molecule has 1 saturated heterocycles. The van der Waals surface area contributed by atoms with Crippen LogP contribution >= 0.6 is 0 Å². The van der Waals surface area contributed by atoms with Gasteiger partial charge in [-0.05, 0) is 12.1 Å². The minimum atomic E-state index is -0.534. The van der Waals surface area contributed by atoms with Gasteiger partial charge in [0.15, 0.2) is 0 Å². The van der Waals surface area contributed by atoms with Crippen LogP contribution < -0.4 is 16.8 Å². The Balaban J connectivity index is 2.00. The van der Waals surface area contributed by atoms with Gasteiger partial charge >= 0.3 is 0 Å². The van der Waals surface area contributed by atoms with Gasteiger partial charge in [-0.2, -0.15) is 0 Å². The average molecular weight is 251 g/mol. The summed E-state index contributed by atoms with van der Waals surface area (Å²) in [7, 11) is 0. The van der Waals surface area contributed by atoms with Gasteiger partial charge in [-0.15, -0.1) is 0 Å². The van der Waals surface area contributed by atoms with Crippen molar-refractivity contribution in [2.45, 2.75) is 6.10 Å². The molecule has 0 aliphatic carbocycles. The lowest BCUT2D eigenvalue weighted by molar-refractivity contribution is -0.0818. The molecule has 1 aliphatic rings. The maximum atomic E-state index is 11.1. The monoisotopic (exact) mass is 251 g/mol. The number of rotatable bonds is 4.